The third-order valence-electron chi connectivity index (χ3n) is 3.18. The van der Waals surface area contributed by atoms with Crippen molar-refractivity contribution in [1.29, 1.82) is 0 Å². The van der Waals surface area contributed by atoms with E-state index in [9.17, 15) is 9.90 Å². The monoisotopic (exact) mass is 353 g/mol. The van der Waals surface area contributed by atoms with Crippen molar-refractivity contribution in [3.05, 3.63) is 64.1 Å². The minimum atomic E-state index is -0.608. The van der Waals surface area contributed by atoms with Crippen molar-refractivity contribution in [2.75, 3.05) is 13.2 Å². The Labute approximate surface area is 145 Å². The molecule has 0 aliphatic rings. The number of aliphatic hydroxyl groups excluding tert-OH is 1. The van der Waals surface area contributed by atoms with Crippen LogP contribution in [0.1, 0.15) is 18.1 Å². The van der Waals surface area contributed by atoms with Crippen molar-refractivity contribution in [3.63, 3.8) is 0 Å². The van der Waals surface area contributed by atoms with Crippen molar-refractivity contribution in [2.24, 2.45) is 0 Å². The topological polar surface area (TPSA) is 58.6 Å². The SMILES string of the molecule is O=C(COc1ccc(Cl)cc1Cl)NCC[C@H](O)c1ccccc1. The number of ether oxygens (including phenoxy) is 1. The number of benzene rings is 2. The molecule has 0 saturated carbocycles. The fourth-order valence-corrected chi connectivity index (χ4v) is 2.44. The lowest BCUT2D eigenvalue weighted by molar-refractivity contribution is -0.123. The molecule has 0 heterocycles. The summed E-state index contributed by atoms with van der Waals surface area (Å²) in [4.78, 5) is 11.7. The molecular formula is C17H17Cl2NO3. The summed E-state index contributed by atoms with van der Waals surface area (Å²) in [5.74, 6) is 0.117. The van der Waals surface area contributed by atoms with Crippen molar-refractivity contribution in [2.45, 2.75) is 12.5 Å². The standard InChI is InChI=1S/C17H17Cl2NO3/c18-13-6-7-16(14(19)10-13)23-11-17(22)20-9-8-15(21)12-4-2-1-3-5-12/h1-7,10,15,21H,8-9,11H2,(H,20,22)/t15-/m0/s1. The molecule has 0 aliphatic carbocycles. The summed E-state index contributed by atoms with van der Waals surface area (Å²) in [7, 11) is 0. The minimum absolute atomic E-state index is 0.150. The highest BCUT2D eigenvalue weighted by Gasteiger charge is 2.09. The first kappa shape index (κ1) is 17.6. The highest BCUT2D eigenvalue weighted by atomic mass is 35.5. The number of rotatable bonds is 7. The number of hydrogen-bond acceptors (Lipinski definition) is 3. The zero-order chi connectivity index (χ0) is 16.7. The normalized spacial score (nSPS) is 11.8. The molecule has 2 aromatic carbocycles. The quantitative estimate of drug-likeness (QED) is 0.799. The third kappa shape index (κ3) is 5.75. The number of amides is 1. The Morgan fingerprint density at radius 2 is 1.91 bits per heavy atom. The summed E-state index contributed by atoms with van der Waals surface area (Å²) in [6, 6.07) is 14.1. The molecule has 2 aromatic rings. The van der Waals surface area contributed by atoms with Crippen LogP contribution in [0.5, 0.6) is 5.75 Å². The van der Waals surface area contributed by atoms with E-state index in [0.717, 1.165) is 5.56 Å². The van der Waals surface area contributed by atoms with E-state index in [2.05, 4.69) is 5.32 Å². The van der Waals surface area contributed by atoms with Crippen LogP contribution in [0.3, 0.4) is 0 Å². The second-order valence-electron chi connectivity index (χ2n) is 4.93. The maximum Gasteiger partial charge on any atom is 0.257 e. The maximum absolute atomic E-state index is 11.7. The first-order valence-corrected chi connectivity index (χ1v) is 7.89. The average Bonchev–Trinajstić information content (AvgIpc) is 2.54. The van der Waals surface area contributed by atoms with Gasteiger partial charge in [0, 0.05) is 11.6 Å². The Bertz CT molecular complexity index is 650. The molecule has 2 N–H and O–H groups in total. The van der Waals surface area contributed by atoms with Gasteiger partial charge in [0.2, 0.25) is 0 Å². The predicted octanol–water partition coefficient (Wildman–Crippen LogP) is 3.61. The molecule has 0 unspecified atom stereocenters. The van der Waals surface area contributed by atoms with E-state index in [0.29, 0.717) is 28.8 Å². The molecule has 122 valence electrons. The van der Waals surface area contributed by atoms with Gasteiger partial charge in [-0.25, -0.2) is 0 Å². The first-order valence-electron chi connectivity index (χ1n) is 7.14. The van der Waals surface area contributed by atoms with Crippen LogP contribution in [0.15, 0.2) is 48.5 Å². The van der Waals surface area contributed by atoms with Crippen LogP contribution in [-0.4, -0.2) is 24.2 Å². The van der Waals surface area contributed by atoms with Gasteiger partial charge in [0.05, 0.1) is 11.1 Å². The number of hydrogen-bond donors (Lipinski definition) is 2. The van der Waals surface area contributed by atoms with Gasteiger partial charge in [-0.05, 0) is 30.2 Å². The molecule has 1 amide bonds. The zero-order valence-corrected chi connectivity index (χ0v) is 13.8. The van der Waals surface area contributed by atoms with E-state index in [1.807, 2.05) is 30.3 Å². The summed E-state index contributed by atoms with van der Waals surface area (Å²) in [6.45, 7) is 0.204. The molecule has 1 atom stereocenters. The summed E-state index contributed by atoms with van der Waals surface area (Å²) in [6.07, 6.45) is -0.180. The van der Waals surface area contributed by atoms with Crippen LogP contribution in [0.2, 0.25) is 10.0 Å². The number of aliphatic hydroxyl groups is 1. The van der Waals surface area contributed by atoms with Crippen LogP contribution in [0, 0.1) is 0 Å². The lowest BCUT2D eigenvalue weighted by atomic mass is 10.1. The predicted molar refractivity (Wildman–Crippen MR) is 91.0 cm³/mol. The van der Waals surface area contributed by atoms with Gasteiger partial charge in [-0.3, -0.25) is 4.79 Å². The molecule has 4 nitrogen and oxygen atoms in total. The molecule has 2 rings (SSSR count). The van der Waals surface area contributed by atoms with Crippen LogP contribution >= 0.6 is 23.2 Å². The van der Waals surface area contributed by atoms with Gasteiger partial charge in [0.1, 0.15) is 5.75 Å². The second kappa shape index (κ2) is 8.77. The van der Waals surface area contributed by atoms with Crippen molar-refractivity contribution in [1.82, 2.24) is 5.32 Å². The van der Waals surface area contributed by atoms with Crippen LogP contribution in [0.25, 0.3) is 0 Å². The van der Waals surface area contributed by atoms with Gasteiger partial charge in [0.15, 0.2) is 6.61 Å². The van der Waals surface area contributed by atoms with E-state index in [1.54, 1.807) is 18.2 Å². The molecule has 0 radical (unpaired) electrons. The zero-order valence-electron chi connectivity index (χ0n) is 12.3. The van der Waals surface area contributed by atoms with Crippen LogP contribution < -0.4 is 10.1 Å². The first-order chi connectivity index (χ1) is 11.1. The van der Waals surface area contributed by atoms with Crippen molar-refractivity contribution < 1.29 is 14.6 Å². The fourth-order valence-electron chi connectivity index (χ4n) is 1.98. The molecule has 23 heavy (non-hydrogen) atoms. The number of halogens is 2. The number of nitrogens with one attached hydrogen (secondary N) is 1. The van der Waals surface area contributed by atoms with Crippen molar-refractivity contribution in [3.8, 4) is 5.75 Å². The Morgan fingerprint density at radius 3 is 2.61 bits per heavy atom. The number of carbonyl (C=O) groups excluding carboxylic acids is 1. The Hall–Kier alpha value is -1.75. The third-order valence-corrected chi connectivity index (χ3v) is 3.71. The van der Waals surface area contributed by atoms with Crippen molar-refractivity contribution >= 4 is 29.1 Å². The molecule has 0 spiro atoms. The molecule has 0 fully saturated rings. The van der Waals surface area contributed by atoms with Gasteiger partial charge in [-0.15, -0.1) is 0 Å². The van der Waals surface area contributed by atoms with Gasteiger partial charge >= 0.3 is 0 Å². The van der Waals surface area contributed by atoms with Crippen LogP contribution in [-0.2, 0) is 4.79 Å². The van der Waals surface area contributed by atoms with Gasteiger partial charge in [0.25, 0.3) is 5.91 Å². The van der Waals surface area contributed by atoms with E-state index in [-0.39, 0.29) is 12.5 Å². The summed E-state index contributed by atoms with van der Waals surface area (Å²) >= 11 is 11.7. The molecule has 0 bridgehead atoms. The van der Waals surface area contributed by atoms with Gasteiger partial charge in [-0.2, -0.15) is 0 Å². The molecular weight excluding hydrogens is 337 g/mol. The fraction of sp³-hybridized carbons (Fsp3) is 0.235. The maximum atomic E-state index is 11.7. The van der Waals surface area contributed by atoms with Crippen LogP contribution in [0.4, 0.5) is 0 Å². The molecule has 6 heteroatoms. The summed E-state index contributed by atoms with van der Waals surface area (Å²) in [5, 5.41) is 13.5. The average molecular weight is 354 g/mol. The lowest BCUT2D eigenvalue weighted by Gasteiger charge is -2.12. The Kier molecular flexibility index (Phi) is 6.71. The second-order valence-corrected chi connectivity index (χ2v) is 5.77. The van der Waals surface area contributed by atoms with E-state index in [1.165, 1.54) is 0 Å². The Balaban J connectivity index is 1.71. The van der Waals surface area contributed by atoms with Gasteiger partial charge < -0.3 is 15.2 Å². The minimum Gasteiger partial charge on any atom is -0.482 e. The van der Waals surface area contributed by atoms with E-state index >= 15 is 0 Å². The highest BCUT2D eigenvalue weighted by Crippen LogP contribution is 2.27. The van der Waals surface area contributed by atoms with E-state index in [4.69, 9.17) is 27.9 Å². The molecule has 0 aromatic heterocycles. The smallest absolute Gasteiger partial charge is 0.257 e. The highest BCUT2D eigenvalue weighted by molar-refractivity contribution is 6.35. The molecule has 0 aliphatic heterocycles. The lowest BCUT2D eigenvalue weighted by Crippen LogP contribution is -2.30. The van der Waals surface area contributed by atoms with Gasteiger partial charge in [-0.1, -0.05) is 53.5 Å². The van der Waals surface area contributed by atoms with E-state index < -0.39 is 6.10 Å². The summed E-state index contributed by atoms with van der Waals surface area (Å²) in [5.41, 5.74) is 0.825. The number of carbonyl (C=O) groups is 1. The Morgan fingerprint density at radius 1 is 1.17 bits per heavy atom. The largest absolute Gasteiger partial charge is 0.482 e. The molecule has 0 saturated heterocycles. The summed E-state index contributed by atoms with van der Waals surface area (Å²) < 4.78 is 5.33.